The van der Waals surface area contributed by atoms with E-state index in [-0.39, 0.29) is 18.9 Å². The van der Waals surface area contributed by atoms with E-state index in [1.54, 1.807) is 0 Å². The summed E-state index contributed by atoms with van der Waals surface area (Å²) in [6.45, 7) is 1.54. The van der Waals surface area contributed by atoms with Crippen molar-refractivity contribution >= 4 is 18.0 Å². The van der Waals surface area contributed by atoms with E-state index >= 15 is 0 Å². The van der Waals surface area contributed by atoms with Crippen LogP contribution < -0.4 is 10.6 Å². The van der Waals surface area contributed by atoms with E-state index in [0.29, 0.717) is 0 Å². The highest BCUT2D eigenvalue weighted by Crippen LogP contribution is 2.44. The predicted molar refractivity (Wildman–Crippen MR) is 117 cm³/mol. The number of carbonyl (C=O) groups is 3. The van der Waals surface area contributed by atoms with Crippen LogP contribution in [-0.4, -0.2) is 48.2 Å². The van der Waals surface area contributed by atoms with E-state index in [2.05, 4.69) is 10.6 Å². The molecule has 0 saturated carbocycles. The average Bonchev–Trinajstić information content (AvgIpc) is 3.09. The van der Waals surface area contributed by atoms with E-state index in [9.17, 15) is 23.2 Å². The van der Waals surface area contributed by atoms with Crippen molar-refractivity contribution in [3.05, 3.63) is 59.7 Å². The third kappa shape index (κ3) is 6.27. The number of hydrogen-bond acceptors (Lipinski definition) is 4. The van der Waals surface area contributed by atoms with Gasteiger partial charge in [-0.3, -0.25) is 9.59 Å². The van der Waals surface area contributed by atoms with E-state index in [4.69, 9.17) is 9.84 Å². The molecule has 33 heavy (non-hydrogen) atoms. The van der Waals surface area contributed by atoms with Crippen molar-refractivity contribution in [3.8, 4) is 11.1 Å². The van der Waals surface area contributed by atoms with Crippen molar-refractivity contribution in [1.82, 2.24) is 10.6 Å². The number of carboxylic acids is 1. The summed E-state index contributed by atoms with van der Waals surface area (Å²) in [5.74, 6) is -2.26. The Balaban J connectivity index is 1.62. The summed E-state index contributed by atoms with van der Waals surface area (Å²) in [6, 6.07) is 13.6. The van der Waals surface area contributed by atoms with Gasteiger partial charge in [0.05, 0.1) is 6.42 Å². The van der Waals surface area contributed by atoms with Crippen LogP contribution in [0.4, 0.5) is 13.6 Å². The summed E-state index contributed by atoms with van der Waals surface area (Å²) in [7, 11) is 0. The highest BCUT2D eigenvalue weighted by molar-refractivity contribution is 5.89. The molecular weight excluding hydrogens is 434 g/mol. The minimum absolute atomic E-state index is 0.00601. The van der Waals surface area contributed by atoms with E-state index in [0.717, 1.165) is 22.3 Å². The maximum Gasteiger partial charge on any atom is 0.407 e. The first kappa shape index (κ1) is 24.2. The number of alkyl carbamates (subject to hydrolysis) is 1. The second-order valence-corrected chi connectivity index (χ2v) is 8.00. The van der Waals surface area contributed by atoms with Gasteiger partial charge in [0.25, 0.3) is 0 Å². The summed E-state index contributed by atoms with van der Waals surface area (Å²) < 4.78 is 30.1. The van der Waals surface area contributed by atoms with Gasteiger partial charge in [0.2, 0.25) is 12.3 Å². The molecule has 0 saturated heterocycles. The number of benzene rings is 2. The zero-order valence-corrected chi connectivity index (χ0v) is 18.1. The molecule has 0 heterocycles. The van der Waals surface area contributed by atoms with E-state index < -0.39 is 49.3 Å². The van der Waals surface area contributed by atoms with Gasteiger partial charge in [0.15, 0.2) is 0 Å². The molecule has 2 aromatic carbocycles. The number of carbonyl (C=O) groups excluding carboxylic acids is 2. The number of rotatable bonds is 10. The number of alkyl halides is 2. The molecule has 0 spiro atoms. The molecule has 0 fully saturated rings. The van der Waals surface area contributed by atoms with Crippen LogP contribution in [-0.2, 0) is 14.3 Å². The summed E-state index contributed by atoms with van der Waals surface area (Å²) >= 11 is 0. The number of ether oxygens (including phenoxy) is 1. The Hall–Kier alpha value is -3.49. The van der Waals surface area contributed by atoms with Crippen LogP contribution >= 0.6 is 0 Å². The van der Waals surface area contributed by atoms with Gasteiger partial charge in [-0.1, -0.05) is 48.5 Å². The Bertz CT molecular complexity index is 968. The number of nitrogens with one attached hydrogen (secondary N) is 2. The van der Waals surface area contributed by atoms with Gasteiger partial charge >= 0.3 is 12.1 Å². The van der Waals surface area contributed by atoms with Crippen LogP contribution in [0.5, 0.6) is 0 Å². The number of hydrogen-bond donors (Lipinski definition) is 3. The Morgan fingerprint density at radius 2 is 1.55 bits per heavy atom. The first-order valence-corrected chi connectivity index (χ1v) is 10.7. The molecule has 2 unspecified atom stereocenters. The Kier molecular flexibility index (Phi) is 7.97. The molecule has 176 valence electrons. The average molecular weight is 460 g/mol. The van der Waals surface area contributed by atoms with Gasteiger partial charge in [-0.05, 0) is 35.6 Å². The zero-order valence-electron chi connectivity index (χ0n) is 18.1. The van der Waals surface area contributed by atoms with Gasteiger partial charge in [-0.25, -0.2) is 13.6 Å². The second kappa shape index (κ2) is 10.9. The zero-order chi connectivity index (χ0) is 24.0. The molecule has 7 nitrogen and oxygen atoms in total. The van der Waals surface area contributed by atoms with Gasteiger partial charge in [0, 0.05) is 18.4 Å². The van der Waals surface area contributed by atoms with Gasteiger partial charge in [-0.15, -0.1) is 0 Å². The number of fused-ring (bicyclic) bond motifs is 3. The van der Waals surface area contributed by atoms with Crippen LogP contribution in [0.2, 0.25) is 0 Å². The van der Waals surface area contributed by atoms with Crippen LogP contribution in [0.25, 0.3) is 11.1 Å². The highest BCUT2D eigenvalue weighted by atomic mass is 19.3. The molecule has 2 amide bonds. The molecule has 1 aliphatic rings. The van der Waals surface area contributed by atoms with Crippen molar-refractivity contribution in [2.45, 2.75) is 50.6 Å². The van der Waals surface area contributed by atoms with Crippen LogP contribution in [0.3, 0.4) is 0 Å². The fourth-order valence-electron chi connectivity index (χ4n) is 3.96. The third-order valence-corrected chi connectivity index (χ3v) is 5.54. The topological polar surface area (TPSA) is 105 Å². The smallest absolute Gasteiger partial charge is 0.407 e. The van der Waals surface area contributed by atoms with E-state index in [1.807, 2.05) is 48.5 Å². The maximum absolute atomic E-state index is 12.4. The van der Waals surface area contributed by atoms with Crippen LogP contribution in [0.15, 0.2) is 48.5 Å². The molecule has 3 rings (SSSR count). The summed E-state index contributed by atoms with van der Waals surface area (Å²) in [5.41, 5.74) is 4.14. The molecule has 0 bridgehead atoms. The van der Waals surface area contributed by atoms with Gasteiger partial charge in [-0.2, -0.15) is 0 Å². The summed E-state index contributed by atoms with van der Waals surface area (Å²) in [5, 5.41) is 13.9. The predicted octanol–water partition coefficient (Wildman–Crippen LogP) is 3.92. The first-order valence-electron chi connectivity index (χ1n) is 10.7. The number of aliphatic carboxylic acids is 1. The lowest BCUT2D eigenvalue weighted by molar-refractivity contribution is -0.140. The Morgan fingerprint density at radius 1 is 0.970 bits per heavy atom. The summed E-state index contributed by atoms with van der Waals surface area (Å²) in [6.07, 6.45) is -4.48. The maximum atomic E-state index is 12.4. The molecule has 2 atom stereocenters. The minimum atomic E-state index is -2.50. The molecule has 0 radical (unpaired) electrons. The lowest BCUT2D eigenvalue weighted by Gasteiger charge is -2.21. The summed E-state index contributed by atoms with van der Waals surface area (Å²) in [4.78, 5) is 36.0. The van der Waals surface area contributed by atoms with Crippen LogP contribution in [0.1, 0.15) is 43.2 Å². The molecule has 0 aliphatic heterocycles. The van der Waals surface area contributed by atoms with Crippen molar-refractivity contribution in [2.24, 2.45) is 0 Å². The Morgan fingerprint density at radius 3 is 2.09 bits per heavy atom. The normalized spacial score (nSPS) is 14.2. The molecule has 1 aliphatic carbocycles. The lowest BCUT2D eigenvalue weighted by Crippen LogP contribution is -2.50. The van der Waals surface area contributed by atoms with Crippen molar-refractivity contribution < 1.29 is 33.0 Å². The minimum Gasteiger partial charge on any atom is -0.481 e. The highest BCUT2D eigenvalue weighted by Gasteiger charge is 2.30. The number of halogens is 2. The third-order valence-electron chi connectivity index (χ3n) is 5.54. The number of amides is 2. The van der Waals surface area contributed by atoms with Crippen LogP contribution in [0, 0.1) is 0 Å². The first-order chi connectivity index (χ1) is 15.8. The van der Waals surface area contributed by atoms with Crippen molar-refractivity contribution in [3.63, 3.8) is 0 Å². The van der Waals surface area contributed by atoms with Gasteiger partial charge in [0.1, 0.15) is 12.6 Å². The molecule has 3 N–H and O–H groups in total. The fourth-order valence-corrected chi connectivity index (χ4v) is 3.96. The molecular formula is C24H26F2N2O5. The van der Waals surface area contributed by atoms with Crippen molar-refractivity contribution in [2.75, 3.05) is 6.61 Å². The second-order valence-electron chi connectivity index (χ2n) is 8.00. The largest absolute Gasteiger partial charge is 0.481 e. The quantitative estimate of drug-likeness (QED) is 0.499. The SMILES string of the molecule is CC(CCC(F)F)NC(=O)C(CC(=O)O)NC(=O)OCC1c2ccccc2-c2ccccc21. The van der Waals surface area contributed by atoms with E-state index in [1.165, 1.54) is 6.92 Å². The molecule has 2 aromatic rings. The molecule has 0 aromatic heterocycles. The molecule has 9 heteroatoms. The standard InChI is InChI=1S/C24H26F2N2O5/c1-14(10-11-21(25)26)27-23(31)20(12-22(29)30)28-24(32)33-13-19-17-8-4-2-6-15(17)16-7-3-5-9-18(16)19/h2-9,14,19-21H,10-13H2,1H3,(H,27,31)(H,28,32)(H,29,30). The number of carboxylic acid groups (broad SMARTS) is 1. The fraction of sp³-hybridized carbons (Fsp3) is 0.375. The van der Waals surface area contributed by atoms with Crippen molar-refractivity contribution in [1.29, 1.82) is 0 Å². The Labute approximate surface area is 190 Å². The monoisotopic (exact) mass is 460 g/mol. The van der Waals surface area contributed by atoms with Gasteiger partial charge < -0.3 is 20.5 Å². The lowest BCUT2D eigenvalue weighted by atomic mass is 9.98.